The third kappa shape index (κ3) is 2.58. The van der Waals surface area contributed by atoms with Crippen LogP contribution in [-0.4, -0.2) is 34.5 Å². The Bertz CT molecular complexity index is 471. The van der Waals surface area contributed by atoms with E-state index in [1.807, 2.05) is 30.2 Å². The summed E-state index contributed by atoms with van der Waals surface area (Å²) in [6, 6.07) is 4.58. The first-order chi connectivity index (χ1) is 8.93. The van der Waals surface area contributed by atoms with Gasteiger partial charge in [-0.25, -0.2) is 0 Å². The van der Waals surface area contributed by atoms with Gasteiger partial charge in [-0.2, -0.15) is 0 Å². The Morgan fingerprint density at radius 2 is 2.39 bits per heavy atom. The topological polar surface area (TPSA) is 41.1 Å². The van der Waals surface area contributed by atoms with Crippen molar-refractivity contribution in [3.8, 4) is 0 Å². The van der Waals surface area contributed by atoms with Crippen molar-refractivity contribution in [1.29, 1.82) is 0 Å². The molecule has 2 aromatic rings. The molecule has 0 bridgehead atoms. The number of pyridine rings is 1. The zero-order valence-electron chi connectivity index (χ0n) is 10.1. The molecule has 3 rings (SSSR count). The summed E-state index contributed by atoms with van der Waals surface area (Å²) < 4.78 is 0. The number of thiazole rings is 1. The predicted molar refractivity (Wildman–Crippen MR) is 72.4 cm³/mol. The van der Waals surface area contributed by atoms with Gasteiger partial charge in [-0.1, -0.05) is 6.07 Å². The Morgan fingerprint density at radius 3 is 3.17 bits per heavy atom. The lowest BCUT2D eigenvalue weighted by molar-refractivity contribution is 0.155. The van der Waals surface area contributed by atoms with Crippen LogP contribution in [0.3, 0.4) is 0 Å². The zero-order valence-corrected chi connectivity index (χ0v) is 10.9. The molecular weight excluding hydrogens is 244 g/mol. The lowest BCUT2D eigenvalue weighted by Gasteiger charge is -2.35. The molecule has 3 heterocycles. The Balaban J connectivity index is 1.78. The fourth-order valence-electron chi connectivity index (χ4n) is 2.36. The maximum absolute atomic E-state index is 4.23. The van der Waals surface area contributed by atoms with E-state index in [4.69, 9.17) is 0 Å². The van der Waals surface area contributed by atoms with Gasteiger partial charge < -0.3 is 5.32 Å². The van der Waals surface area contributed by atoms with Gasteiger partial charge in [-0.05, 0) is 11.6 Å². The van der Waals surface area contributed by atoms with Crippen LogP contribution in [0.1, 0.15) is 16.5 Å². The van der Waals surface area contributed by atoms with Crippen molar-refractivity contribution in [1.82, 2.24) is 20.2 Å². The van der Waals surface area contributed by atoms with Crippen molar-refractivity contribution >= 4 is 11.3 Å². The summed E-state index contributed by atoms with van der Waals surface area (Å²) in [7, 11) is 0. The summed E-state index contributed by atoms with van der Waals surface area (Å²) in [6.45, 7) is 4.09. The molecule has 0 spiro atoms. The lowest BCUT2D eigenvalue weighted by atomic mass is 10.1. The second-order valence-corrected chi connectivity index (χ2v) is 5.42. The number of hydrogen-bond donors (Lipinski definition) is 1. The van der Waals surface area contributed by atoms with Crippen molar-refractivity contribution in [2.45, 2.75) is 12.6 Å². The highest BCUT2D eigenvalue weighted by molar-refractivity contribution is 7.09. The Morgan fingerprint density at radius 1 is 1.39 bits per heavy atom. The number of nitrogens with one attached hydrogen (secondary N) is 1. The molecule has 1 aliphatic rings. The average molecular weight is 260 g/mol. The van der Waals surface area contributed by atoms with Gasteiger partial charge in [0.05, 0.1) is 5.51 Å². The minimum atomic E-state index is 0.412. The normalized spacial score (nSPS) is 21.0. The van der Waals surface area contributed by atoms with Gasteiger partial charge in [-0.15, -0.1) is 11.3 Å². The second kappa shape index (κ2) is 5.56. The quantitative estimate of drug-likeness (QED) is 0.911. The Labute approximate surface area is 111 Å². The molecule has 1 fully saturated rings. The van der Waals surface area contributed by atoms with Crippen molar-refractivity contribution in [3.05, 3.63) is 46.7 Å². The van der Waals surface area contributed by atoms with Gasteiger partial charge in [0.2, 0.25) is 0 Å². The van der Waals surface area contributed by atoms with E-state index in [1.165, 1.54) is 10.4 Å². The molecule has 5 heteroatoms. The molecule has 1 aliphatic heterocycles. The standard InChI is InChI=1S/C13H16N4S/c1-2-11(6-14-3-1)13-8-15-4-5-17(13)9-12-7-16-10-18-12/h1-3,6-7,10,13,15H,4-5,8-9H2. The number of hydrogen-bond acceptors (Lipinski definition) is 5. The van der Waals surface area contributed by atoms with E-state index >= 15 is 0 Å². The van der Waals surface area contributed by atoms with Crippen LogP contribution in [0.5, 0.6) is 0 Å². The number of piperazine rings is 1. The third-order valence-electron chi connectivity index (χ3n) is 3.27. The Kier molecular flexibility index (Phi) is 3.64. The maximum Gasteiger partial charge on any atom is 0.0794 e. The molecular formula is C13H16N4S. The van der Waals surface area contributed by atoms with E-state index in [2.05, 4.69) is 26.3 Å². The predicted octanol–water partition coefficient (Wildman–Crippen LogP) is 1.68. The van der Waals surface area contributed by atoms with Gasteiger partial charge in [0.25, 0.3) is 0 Å². The van der Waals surface area contributed by atoms with E-state index in [9.17, 15) is 0 Å². The molecule has 0 aromatic carbocycles. The van der Waals surface area contributed by atoms with E-state index < -0.39 is 0 Å². The van der Waals surface area contributed by atoms with E-state index in [0.29, 0.717) is 6.04 Å². The fourth-order valence-corrected chi connectivity index (χ4v) is 2.98. The monoisotopic (exact) mass is 260 g/mol. The summed E-state index contributed by atoms with van der Waals surface area (Å²) in [4.78, 5) is 12.2. The molecule has 4 nitrogen and oxygen atoms in total. The maximum atomic E-state index is 4.23. The first-order valence-corrected chi connectivity index (χ1v) is 7.03. The van der Waals surface area contributed by atoms with Crippen molar-refractivity contribution in [2.75, 3.05) is 19.6 Å². The van der Waals surface area contributed by atoms with Crippen LogP contribution < -0.4 is 5.32 Å². The molecule has 18 heavy (non-hydrogen) atoms. The first-order valence-electron chi connectivity index (χ1n) is 6.15. The van der Waals surface area contributed by atoms with E-state index in [1.54, 1.807) is 11.3 Å². The Hall–Kier alpha value is -1.30. The van der Waals surface area contributed by atoms with Gasteiger partial charge in [0.1, 0.15) is 0 Å². The van der Waals surface area contributed by atoms with Gasteiger partial charge in [-0.3, -0.25) is 14.9 Å². The molecule has 0 aliphatic carbocycles. The molecule has 0 saturated carbocycles. The summed E-state index contributed by atoms with van der Waals surface area (Å²) >= 11 is 1.72. The van der Waals surface area contributed by atoms with Gasteiger partial charge in [0, 0.05) is 55.7 Å². The molecule has 1 N–H and O–H groups in total. The number of aromatic nitrogens is 2. The van der Waals surface area contributed by atoms with Crippen LogP contribution in [0.4, 0.5) is 0 Å². The largest absolute Gasteiger partial charge is 0.314 e. The first kappa shape index (κ1) is 11.8. The van der Waals surface area contributed by atoms with Crippen LogP contribution in [-0.2, 0) is 6.54 Å². The van der Waals surface area contributed by atoms with Crippen LogP contribution in [0, 0.1) is 0 Å². The minimum Gasteiger partial charge on any atom is -0.314 e. The molecule has 2 aromatic heterocycles. The second-order valence-electron chi connectivity index (χ2n) is 4.44. The smallest absolute Gasteiger partial charge is 0.0794 e. The average Bonchev–Trinajstić information content (AvgIpc) is 2.93. The van der Waals surface area contributed by atoms with E-state index in [0.717, 1.165) is 26.2 Å². The summed E-state index contributed by atoms with van der Waals surface area (Å²) in [5.41, 5.74) is 3.19. The van der Waals surface area contributed by atoms with Crippen molar-refractivity contribution in [3.63, 3.8) is 0 Å². The SMILES string of the molecule is c1cncc(C2CNCCN2Cc2cncs2)c1. The van der Waals surface area contributed by atoms with E-state index in [-0.39, 0.29) is 0 Å². The summed E-state index contributed by atoms with van der Waals surface area (Å²) in [5, 5.41) is 3.46. The number of rotatable bonds is 3. The highest BCUT2D eigenvalue weighted by Crippen LogP contribution is 2.24. The van der Waals surface area contributed by atoms with Crippen LogP contribution >= 0.6 is 11.3 Å². The van der Waals surface area contributed by atoms with Crippen LogP contribution in [0.25, 0.3) is 0 Å². The van der Waals surface area contributed by atoms with Crippen LogP contribution in [0.15, 0.2) is 36.2 Å². The fraction of sp³-hybridized carbons (Fsp3) is 0.385. The molecule has 0 radical (unpaired) electrons. The molecule has 1 unspecified atom stereocenters. The highest BCUT2D eigenvalue weighted by Gasteiger charge is 2.24. The van der Waals surface area contributed by atoms with Crippen LogP contribution in [0.2, 0.25) is 0 Å². The lowest BCUT2D eigenvalue weighted by Crippen LogP contribution is -2.45. The molecule has 1 atom stereocenters. The van der Waals surface area contributed by atoms with Gasteiger partial charge >= 0.3 is 0 Å². The third-order valence-corrected chi connectivity index (χ3v) is 4.03. The van der Waals surface area contributed by atoms with Gasteiger partial charge in [0.15, 0.2) is 0 Å². The summed E-state index contributed by atoms with van der Waals surface area (Å²) in [6.07, 6.45) is 5.76. The van der Waals surface area contributed by atoms with Crippen molar-refractivity contribution < 1.29 is 0 Å². The highest BCUT2D eigenvalue weighted by atomic mass is 32.1. The molecule has 94 valence electrons. The molecule has 0 amide bonds. The number of nitrogens with zero attached hydrogens (tertiary/aromatic N) is 3. The summed E-state index contributed by atoms with van der Waals surface area (Å²) in [5.74, 6) is 0. The molecule has 1 saturated heterocycles. The van der Waals surface area contributed by atoms with Crippen molar-refractivity contribution in [2.24, 2.45) is 0 Å². The zero-order chi connectivity index (χ0) is 12.2. The minimum absolute atomic E-state index is 0.412.